The van der Waals surface area contributed by atoms with Gasteiger partial charge in [0.05, 0.1) is 17.5 Å². The van der Waals surface area contributed by atoms with Gasteiger partial charge in [-0.15, -0.1) is 0 Å². The number of allylic oxidation sites excluding steroid dienone is 1. The zero-order valence-electron chi connectivity index (χ0n) is 12.8. The molecule has 9 nitrogen and oxygen atoms in total. The molecule has 2 aliphatic heterocycles. The smallest absolute Gasteiger partial charge is 0.544 e. The quantitative estimate of drug-likeness (QED) is 0.222. The molecule has 1 unspecified atom stereocenters. The fraction of sp³-hybridized carbons (Fsp3) is 0.462. The number of hydroxylamine groups is 2. The van der Waals surface area contributed by atoms with E-state index < -0.39 is 29.6 Å². The Bertz CT molecular complexity index is 634. The number of carboxylic acid groups (broad SMARTS) is 1. The van der Waals surface area contributed by atoms with Crippen LogP contribution in [0.15, 0.2) is 12.2 Å². The van der Waals surface area contributed by atoms with Crippen LogP contribution in [-0.4, -0.2) is 46.3 Å². The molecule has 0 aromatic carbocycles. The summed E-state index contributed by atoms with van der Waals surface area (Å²) in [5, 5.41) is 23.0. The average molecular weight is 361 g/mol. The maximum atomic E-state index is 12.3. The van der Waals surface area contributed by atoms with Gasteiger partial charge in [0.25, 0.3) is 11.6 Å². The number of hydrogen-bond donors (Lipinski definition) is 1. The Balaban J connectivity index is 0.00000288. The summed E-state index contributed by atoms with van der Waals surface area (Å²) in [7, 11) is 0. The normalized spacial score (nSPS) is 26.0. The van der Waals surface area contributed by atoms with Gasteiger partial charge in [-0.3, -0.25) is 14.4 Å². The summed E-state index contributed by atoms with van der Waals surface area (Å²) in [4.78, 5) is 40.3. The maximum Gasteiger partial charge on any atom is 1.00 e. The summed E-state index contributed by atoms with van der Waals surface area (Å²) < 4.78 is 4.77. The van der Waals surface area contributed by atoms with Crippen LogP contribution in [0.3, 0.4) is 0 Å². The first-order chi connectivity index (χ1) is 10.9. The summed E-state index contributed by atoms with van der Waals surface area (Å²) in [6.07, 6.45) is 2.59. The van der Waals surface area contributed by atoms with Crippen LogP contribution in [0.1, 0.15) is 19.3 Å². The molecular weight excluding hydrogens is 349 g/mol. The molecule has 2 heterocycles. The second kappa shape index (κ2) is 8.55. The van der Waals surface area contributed by atoms with Gasteiger partial charge < -0.3 is 20.0 Å². The Hall–Kier alpha value is -1.51. The van der Waals surface area contributed by atoms with Crippen LogP contribution >= 0.6 is 12.2 Å². The molecule has 0 aliphatic carbocycles. The molecule has 2 saturated heterocycles. The van der Waals surface area contributed by atoms with E-state index in [4.69, 9.17) is 27.1 Å². The molecule has 1 N–H and O–H groups in total. The minimum atomic E-state index is -2.24. The van der Waals surface area contributed by atoms with Crippen molar-refractivity contribution in [3.8, 4) is 6.07 Å². The van der Waals surface area contributed by atoms with E-state index in [1.807, 2.05) is 0 Å². The van der Waals surface area contributed by atoms with E-state index in [0.717, 1.165) is 0 Å². The summed E-state index contributed by atoms with van der Waals surface area (Å²) in [5.41, 5.74) is -2.24. The number of carbonyl (C=O) groups excluding carboxylic acids is 3. The van der Waals surface area contributed by atoms with E-state index in [-0.39, 0.29) is 60.4 Å². The number of hydrogen-bond acceptors (Lipinski definition) is 8. The Morgan fingerprint density at radius 1 is 1.58 bits per heavy atom. The largest absolute Gasteiger partial charge is 1.00 e. The number of esters is 1. The molecule has 24 heavy (non-hydrogen) atoms. The Morgan fingerprint density at radius 3 is 2.83 bits per heavy atom. The van der Waals surface area contributed by atoms with E-state index in [1.165, 1.54) is 12.2 Å². The number of thiocarbonyl (C=S) groups is 1. The van der Waals surface area contributed by atoms with Gasteiger partial charge in [-0.1, -0.05) is 18.3 Å². The topological polar surface area (TPSA) is 132 Å². The second-order valence-corrected chi connectivity index (χ2v) is 5.32. The maximum absolute atomic E-state index is 12.3. The molecule has 0 saturated carbocycles. The number of amides is 1. The van der Waals surface area contributed by atoms with Gasteiger partial charge in [-0.05, 0) is 0 Å². The number of carbonyl (C=O) groups is 3. The molecule has 1 amide bonds. The third kappa shape index (κ3) is 4.12. The van der Waals surface area contributed by atoms with Gasteiger partial charge in [-0.25, -0.2) is 0 Å². The molecule has 0 bridgehead atoms. The predicted octanol–water partition coefficient (Wildman–Crippen LogP) is -4.70. The number of aliphatic carboxylic acids is 1. The Morgan fingerprint density at radius 2 is 2.29 bits per heavy atom. The van der Waals surface area contributed by atoms with Gasteiger partial charge in [0.1, 0.15) is 18.6 Å². The van der Waals surface area contributed by atoms with Crippen molar-refractivity contribution < 1.29 is 58.6 Å². The zero-order valence-corrected chi connectivity index (χ0v) is 15.6. The summed E-state index contributed by atoms with van der Waals surface area (Å²) in [6.45, 7) is -0.173. The number of ether oxygens (including phenoxy) is 1. The van der Waals surface area contributed by atoms with Gasteiger partial charge >= 0.3 is 35.5 Å². The summed E-state index contributed by atoms with van der Waals surface area (Å²) in [6, 6.07) is 0.894. The van der Waals surface area contributed by atoms with Crippen molar-refractivity contribution in [3.05, 3.63) is 12.2 Å². The number of nitrogens with zero attached hydrogens (tertiary/aromatic N) is 2. The van der Waals surface area contributed by atoms with Crippen molar-refractivity contribution >= 4 is 35.1 Å². The summed E-state index contributed by atoms with van der Waals surface area (Å²) in [5.74, 6) is -3.20. The fourth-order valence-electron chi connectivity index (χ4n) is 2.21. The van der Waals surface area contributed by atoms with Crippen molar-refractivity contribution in [3.63, 3.8) is 0 Å². The molecular formula is C13H12N3NaO6S. The molecule has 0 aromatic heterocycles. The van der Waals surface area contributed by atoms with E-state index in [1.54, 1.807) is 6.07 Å². The van der Waals surface area contributed by atoms with Crippen LogP contribution < -0.4 is 40.0 Å². The first kappa shape index (κ1) is 20.5. The average Bonchev–Trinajstić information content (AvgIpc) is 3.05. The first-order valence-corrected chi connectivity index (χ1v) is 7.06. The van der Waals surface area contributed by atoms with Crippen molar-refractivity contribution in [1.29, 1.82) is 5.26 Å². The monoisotopic (exact) mass is 361 g/mol. The molecule has 0 aromatic rings. The minimum Gasteiger partial charge on any atom is -0.544 e. The molecule has 0 radical (unpaired) electrons. The van der Waals surface area contributed by atoms with Crippen LogP contribution in [0.5, 0.6) is 0 Å². The number of carboxylic acids is 1. The molecule has 2 fully saturated rings. The van der Waals surface area contributed by atoms with Crippen LogP contribution in [0.4, 0.5) is 0 Å². The molecule has 2 aliphatic rings. The fourth-order valence-corrected chi connectivity index (χ4v) is 2.45. The van der Waals surface area contributed by atoms with Crippen LogP contribution in [0.25, 0.3) is 0 Å². The standard InChI is InChI=1S/C13H13N3O6S.Na/c14-6-2-1-3-9(23)15-8-7-21-16(11(8)18)13(12(19)20)5-4-10(17)22-13;/h1-2,8H,3-5,7H2,(H,15,23)(H,19,20);/q;+1/p-1/b2-1-;/t8-,13?;/m0./s1. The van der Waals surface area contributed by atoms with E-state index in [9.17, 15) is 19.5 Å². The van der Waals surface area contributed by atoms with Crippen molar-refractivity contribution in [2.45, 2.75) is 31.0 Å². The van der Waals surface area contributed by atoms with Gasteiger partial charge in [-0.2, -0.15) is 10.3 Å². The third-order valence-electron chi connectivity index (χ3n) is 3.30. The second-order valence-electron chi connectivity index (χ2n) is 4.83. The predicted molar refractivity (Wildman–Crippen MR) is 74.8 cm³/mol. The molecule has 2 atom stereocenters. The van der Waals surface area contributed by atoms with Crippen LogP contribution in [0.2, 0.25) is 0 Å². The molecule has 0 spiro atoms. The summed E-state index contributed by atoms with van der Waals surface area (Å²) >= 11 is 5.02. The Labute approximate surface area is 164 Å². The number of nitrogens with one attached hydrogen (secondary N) is 1. The molecule has 11 heteroatoms. The SMILES string of the molecule is N#C/C=C\CC(=S)N[C@H]1CON(C2(C(=O)[O-])CCC(=O)O2)C1=O.[Na+]. The van der Waals surface area contributed by atoms with Crippen LogP contribution in [0, 0.1) is 11.3 Å². The van der Waals surface area contributed by atoms with Crippen molar-refractivity contribution in [2.24, 2.45) is 0 Å². The van der Waals surface area contributed by atoms with E-state index in [0.29, 0.717) is 5.06 Å². The number of cyclic esters (lactones) is 1. The van der Waals surface area contributed by atoms with Gasteiger partial charge in [0.15, 0.2) is 0 Å². The van der Waals surface area contributed by atoms with E-state index >= 15 is 0 Å². The molecule has 122 valence electrons. The third-order valence-corrected chi connectivity index (χ3v) is 3.58. The van der Waals surface area contributed by atoms with Crippen LogP contribution in [-0.2, 0) is 24.0 Å². The van der Waals surface area contributed by atoms with Gasteiger partial charge in [0.2, 0.25) is 0 Å². The molecule has 2 rings (SSSR count). The van der Waals surface area contributed by atoms with Crippen molar-refractivity contribution in [1.82, 2.24) is 10.4 Å². The minimum absolute atomic E-state index is 0. The Kier molecular flexibility index (Phi) is 7.31. The van der Waals surface area contributed by atoms with Crippen molar-refractivity contribution in [2.75, 3.05) is 6.61 Å². The zero-order chi connectivity index (χ0) is 17.0. The number of rotatable bonds is 5. The number of nitriles is 1. The van der Waals surface area contributed by atoms with Gasteiger partial charge in [0, 0.05) is 18.9 Å². The van der Waals surface area contributed by atoms with E-state index in [2.05, 4.69) is 5.32 Å². The first-order valence-electron chi connectivity index (χ1n) is 6.65.